The van der Waals surface area contributed by atoms with Crippen LogP contribution in [0.4, 0.5) is 14.5 Å². The minimum absolute atomic E-state index is 0.178. The van der Waals surface area contributed by atoms with Crippen LogP contribution in [-0.2, 0) is 6.54 Å². The second-order valence-corrected chi connectivity index (χ2v) is 2.47. The lowest BCUT2D eigenvalue weighted by Gasteiger charge is -1.97. The second-order valence-electron chi connectivity index (χ2n) is 2.47. The molecule has 0 bridgehead atoms. The molecule has 1 aromatic rings. The lowest BCUT2D eigenvalue weighted by atomic mass is 10.2. The lowest BCUT2D eigenvalue weighted by molar-refractivity contribution is -0.387. The van der Waals surface area contributed by atoms with Gasteiger partial charge in [0.15, 0.2) is 0 Å². The van der Waals surface area contributed by atoms with Crippen LogP contribution in [-0.4, -0.2) is 4.92 Å². The SMILES string of the molecule is [C-]#[N+]Cc1cc(F)c([N+](=O)[O-])cc1F. The first kappa shape index (κ1) is 10.1. The third-order valence-corrected chi connectivity index (χ3v) is 1.56. The molecule has 1 rings (SSSR count). The second kappa shape index (κ2) is 3.79. The van der Waals surface area contributed by atoms with Crippen molar-refractivity contribution in [2.75, 3.05) is 0 Å². The number of halogens is 2. The maximum Gasteiger partial charge on any atom is 0.307 e. The molecule has 0 saturated heterocycles. The number of rotatable bonds is 2. The predicted molar refractivity (Wildman–Crippen MR) is 43.3 cm³/mol. The van der Waals surface area contributed by atoms with Gasteiger partial charge in [-0.15, -0.1) is 0 Å². The Morgan fingerprint density at radius 3 is 2.57 bits per heavy atom. The summed E-state index contributed by atoms with van der Waals surface area (Å²) in [5.41, 5.74) is -1.10. The van der Waals surface area contributed by atoms with Gasteiger partial charge in [-0.05, 0) is 6.07 Å². The summed E-state index contributed by atoms with van der Waals surface area (Å²) in [6.07, 6.45) is 0. The average molecular weight is 198 g/mol. The minimum Gasteiger partial charge on any atom is -0.312 e. The zero-order chi connectivity index (χ0) is 10.7. The van der Waals surface area contributed by atoms with E-state index in [1.54, 1.807) is 0 Å². The quantitative estimate of drug-likeness (QED) is 0.415. The Morgan fingerprint density at radius 1 is 1.43 bits per heavy atom. The lowest BCUT2D eigenvalue weighted by Crippen LogP contribution is -1.97. The van der Waals surface area contributed by atoms with E-state index >= 15 is 0 Å². The van der Waals surface area contributed by atoms with Gasteiger partial charge in [-0.3, -0.25) is 10.1 Å². The molecule has 0 spiro atoms. The number of nitrogens with zero attached hydrogens (tertiary/aromatic N) is 2. The van der Waals surface area contributed by atoms with Crippen LogP contribution in [0.3, 0.4) is 0 Å². The number of nitro groups is 1. The first-order chi connectivity index (χ1) is 6.56. The highest BCUT2D eigenvalue weighted by Gasteiger charge is 2.19. The maximum absolute atomic E-state index is 13.0. The van der Waals surface area contributed by atoms with Crippen LogP contribution >= 0.6 is 0 Å². The summed E-state index contributed by atoms with van der Waals surface area (Å²) in [7, 11) is 0. The Balaban J connectivity index is 3.25. The molecule has 4 nitrogen and oxygen atoms in total. The highest BCUT2D eigenvalue weighted by molar-refractivity contribution is 5.36. The van der Waals surface area contributed by atoms with Crippen LogP contribution in [0.5, 0.6) is 0 Å². The van der Waals surface area contributed by atoms with E-state index in [0.29, 0.717) is 12.1 Å². The van der Waals surface area contributed by atoms with Crippen LogP contribution < -0.4 is 0 Å². The number of hydrogen-bond acceptors (Lipinski definition) is 2. The minimum atomic E-state index is -1.13. The first-order valence-electron chi connectivity index (χ1n) is 3.51. The Labute approximate surface area is 77.7 Å². The maximum atomic E-state index is 13.0. The summed E-state index contributed by atoms with van der Waals surface area (Å²) in [6.45, 7) is 6.11. The van der Waals surface area contributed by atoms with E-state index in [-0.39, 0.29) is 12.1 Å². The fourth-order valence-electron chi connectivity index (χ4n) is 0.924. The molecule has 0 unspecified atom stereocenters. The first-order valence-corrected chi connectivity index (χ1v) is 3.51. The predicted octanol–water partition coefficient (Wildman–Crippen LogP) is 2.29. The molecule has 0 aliphatic heterocycles. The molecule has 0 radical (unpaired) electrons. The van der Waals surface area contributed by atoms with Crippen molar-refractivity contribution in [1.82, 2.24) is 0 Å². The molecule has 0 aliphatic rings. The largest absolute Gasteiger partial charge is 0.312 e. The Kier molecular flexibility index (Phi) is 2.72. The van der Waals surface area contributed by atoms with Gasteiger partial charge in [0.2, 0.25) is 12.4 Å². The van der Waals surface area contributed by atoms with Crippen LogP contribution in [0.25, 0.3) is 4.85 Å². The molecule has 14 heavy (non-hydrogen) atoms. The molecule has 0 atom stereocenters. The summed E-state index contributed by atoms with van der Waals surface area (Å²) in [4.78, 5) is 12.0. The van der Waals surface area contributed by atoms with Gasteiger partial charge in [0.25, 0.3) is 0 Å². The summed E-state index contributed by atoms with van der Waals surface area (Å²) in [6, 6.07) is 1.15. The van der Waals surface area contributed by atoms with E-state index in [4.69, 9.17) is 6.57 Å². The van der Waals surface area contributed by atoms with Gasteiger partial charge >= 0.3 is 5.69 Å². The van der Waals surface area contributed by atoms with E-state index in [9.17, 15) is 18.9 Å². The molecule has 0 aliphatic carbocycles. The number of hydrogen-bond donors (Lipinski definition) is 0. The van der Waals surface area contributed by atoms with E-state index in [0.717, 1.165) is 0 Å². The molecule has 6 heteroatoms. The molecule has 0 heterocycles. The van der Waals surface area contributed by atoms with Gasteiger partial charge in [0, 0.05) is 0 Å². The topological polar surface area (TPSA) is 47.5 Å². The molecule has 1 aromatic carbocycles. The zero-order valence-corrected chi connectivity index (χ0v) is 6.83. The summed E-state index contributed by atoms with van der Waals surface area (Å²) in [5, 5.41) is 10.2. The standard InChI is InChI=1S/C8H4F2N2O2/c1-11-4-5-2-7(10)8(12(13)14)3-6(5)9/h2-3H,4H2. The summed E-state index contributed by atoms with van der Waals surface area (Å²) < 4.78 is 25.9. The third-order valence-electron chi connectivity index (χ3n) is 1.56. The van der Waals surface area contributed by atoms with Gasteiger partial charge in [-0.1, -0.05) is 0 Å². The molecule has 0 fully saturated rings. The van der Waals surface area contributed by atoms with E-state index in [2.05, 4.69) is 4.85 Å². The van der Waals surface area contributed by atoms with Crippen LogP contribution in [0.2, 0.25) is 0 Å². The molecular formula is C8H4F2N2O2. The fraction of sp³-hybridized carbons (Fsp3) is 0.125. The van der Waals surface area contributed by atoms with Crippen molar-refractivity contribution in [3.8, 4) is 0 Å². The van der Waals surface area contributed by atoms with Crippen molar-refractivity contribution in [2.45, 2.75) is 6.54 Å². The molecule has 72 valence electrons. The van der Waals surface area contributed by atoms with Gasteiger partial charge in [-0.2, -0.15) is 4.39 Å². The van der Waals surface area contributed by atoms with Crippen LogP contribution in [0.1, 0.15) is 5.56 Å². The van der Waals surface area contributed by atoms with Gasteiger partial charge in [-0.25, -0.2) is 11.0 Å². The third kappa shape index (κ3) is 1.82. The van der Waals surface area contributed by atoms with Crippen molar-refractivity contribution in [3.63, 3.8) is 0 Å². The van der Waals surface area contributed by atoms with Crippen molar-refractivity contribution in [3.05, 3.63) is 50.9 Å². The summed E-state index contributed by atoms with van der Waals surface area (Å²) >= 11 is 0. The van der Waals surface area contributed by atoms with Crippen LogP contribution in [0.15, 0.2) is 12.1 Å². The average Bonchev–Trinajstić information content (AvgIpc) is 2.10. The number of benzene rings is 1. The smallest absolute Gasteiger partial charge is 0.307 e. The molecular weight excluding hydrogens is 194 g/mol. The van der Waals surface area contributed by atoms with Crippen LogP contribution in [0, 0.1) is 28.3 Å². The molecule has 0 N–H and O–H groups in total. The zero-order valence-electron chi connectivity index (χ0n) is 6.83. The Hall–Kier alpha value is -2.03. The van der Waals surface area contributed by atoms with Crippen molar-refractivity contribution >= 4 is 5.69 Å². The summed E-state index contributed by atoms with van der Waals surface area (Å²) in [5.74, 6) is -2.07. The normalized spacial score (nSPS) is 9.50. The highest BCUT2D eigenvalue weighted by Crippen LogP contribution is 2.21. The van der Waals surface area contributed by atoms with Crippen molar-refractivity contribution in [2.24, 2.45) is 0 Å². The Morgan fingerprint density at radius 2 is 2.07 bits per heavy atom. The fourth-order valence-corrected chi connectivity index (χ4v) is 0.924. The van der Waals surface area contributed by atoms with E-state index in [1.807, 2.05) is 0 Å². The van der Waals surface area contributed by atoms with Gasteiger partial charge < -0.3 is 4.85 Å². The molecule has 0 saturated carbocycles. The van der Waals surface area contributed by atoms with Crippen molar-refractivity contribution < 1.29 is 13.7 Å². The van der Waals surface area contributed by atoms with E-state index < -0.39 is 22.2 Å². The molecule has 0 amide bonds. The monoisotopic (exact) mass is 198 g/mol. The molecule has 0 aromatic heterocycles. The Bertz CT molecular complexity index is 426. The van der Waals surface area contributed by atoms with Gasteiger partial charge in [0.05, 0.1) is 16.6 Å². The number of nitro benzene ring substituents is 1. The van der Waals surface area contributed by atoms with E-state index in [1.165, 1.54) is 0 Å². The van der Waals surface area contributed by atoms with Gasteiger partial charge in [0.1, 0.15) is 5.82 Å². The highest BCUT2D eigenvalue weighted by atomic mass is 19.1. The van der Waals surface area contributed by atoms with Crippen molar-refractivity contribution in [1.29, 1.82) is 0 Å².